The molecule has 1 saturated heterocycles. The highest BCUT2D eigenvalue weighted by molar-refractivity contribution is 6.06. The quantitative estimate of drug-likeness (QED) is 0.896. The van der Waals surface area contributed by atoms with Crippen LogP contribution in [0.3, 0.4) is 0 Å². The predicted octanol–water partition coefficient (Wildman–Crippen LogP) is 2.76. The number of pyridine rings is 1. The average molecular weight is 355 g/mol. The molecule has 2 aliphatic rings. The number of fused-ring (bicyclic) bond motifs is 1. The van der Waals surface area contributed by atoms with Crippen LogP contribution >= 0.6 is 0 Å². The molecule has 26 heavy (non-hydrogen) atoms. The molecule has 2 aromatic rings. The highest BCUT2D eigenvalue weighted by Crippen LogP contribution is 2.40. The van der Waals surface area contributed by atoms with Crippen LogP contribution in [0, 0.1) is 6.92 Å². The van der Waals surface area contributed by atoms with Crippen molar-refractivity contribution in [2.75, 3.05) is 19.6 Å². The Labute approximate surface area is 155 Å². The van der Waals surface area contributed by atoms with E-state index in [1.165, 1.54) is 32.1 Å². The van der Waals surface area contributed by atoms with Gasteiger partial charge in [0.2, 0.25) is 0 Å². The molecule has 1 aliphatic heterocycles. The Balaban J connectivity index is 1.52. The first-order chi connectivity index (χ1) is 12.5. The first-order valence-electron chi connectivity index (χ1n) is 9.91. The number of hydrogen-bond acceptors (Lipinski definition) is 4. The van der Waals surface area contributed by atoms with E-state index in [0.717, 1.165) is 41.1 Å². The van der Waals surface area contributed by atoms with Crippen molar-refractivity contribution in [1.29, 1.82) is 0 Å². The van der Waals surface area contributed by atoms with Crippen LogP contribution in [-0.2, 0) is 7.05 Å². The van der Waals surface area contributed by atoms with Gasteiger partial charge in [-0.2, -0.15) is 5.10 Å². The maximum Gasteiger partial charge on any atom is 0.252 e. The number of carbonyl (C=O) groups excluding carboxylic acids is 1. The van der Waals surface area contributed by atoms with Gasteiger partial charge in [0.1, 0.15) is 0 Å². The van der Waals surface area contributed by atoms with Crippen molar-refractivity contribution < 1.29 is 4.79 Å². The van der Waals surface area contributed by atoms with Crippen molar-refractivity contribution in [2.45, 2.75) is 57.9 Å². The Morgan fingerprint density at radius 3 is 2.85 bits per heavy atom. The molecule has 6 nitrogen and oxygen atoms in total. The lowest BCUT2D eigenvalue weighted by atomic mass is 10.0. The van der Waals surface area contributed by atoms with Gasteiger partial charge < -0.3 is 5.32 Å². The molecule has 1 amide bonds. The molecular weight excluding hydrogens is 326 g/mol. The van der Waals surface area contributed by atoms with E-state index in [-0.39, 0.29) is 5.91 Å². The number of aromatic nitrogens is 3. The summed E-state index contributed by atoms with van der Waals surface area (Å²) in [5, 5.41) is 8.51. The van der Waals surface area contributed by atoms with Crippen molar-refractivity contribution in [3.8, 4) is 0 Å². The van der Waals surface area contributed by atoms with Crippen molar-refractivity contribution in [2.24, 2.45) is 7.05 Å². The van der Waals surface area contributed by atoms with Gasteiger partial charge in [0.05, 0.1) is 16.6 Å². The summed E-state index contributed by atoms with van der Waals surface area (Å²) in [6.45, 7) is 6.99. The van der Waals surface area contributed by atoms with Crippen LogP contribution in [0.25, 0.3) is 11.0 Å². The first kappa shape index (κ1) is 17.5. The largest absolute Gasteiger partial charge is 0.351 e. The Kier molecular flexibility index (Phi) is 4.69. The minimum absolute atomic E-state index is 0.0000579. The Hall–Kier alpha value is -1.95. The molecule has 1 unspecified atom stereocenters. The van der Waals surface area contributed by atoms with Crippen molar-refractivity contribution in [1.82, 2.24) is 25.0 Å². The summed E-state index contributed by atoms with van der Waals surface area (Å²) in [5.74, 6) is 0.510. The zero-order valence-electron chi connectivity index (χ0n) is 16.1. The van der Waals surface area contributed by atoms with Crippen LogP contribution in [-0.4, -0.2) is 51.2 Å². The highest BCUT2D eigenvalue weighted by Gasteiger charge is 2.28. The van der Waals surface area contributed by atoms with Gasteiger partial charge in [-0.05, 0) is 52.1 Å². The molecule has 3 heterocycles. The maximum absolute atomic E-state index is 12.9. The number of nitrogens with one attached hydrogen (secondary N) is 1. The molecule has 6 heteroatoms. The number of aryl methyl sites for hydroxylation is 2. The zero-order chi connectivity index (χ0) is 18.3. The smallest absolute Gasteiger partial charge is 0.252 e. The second kappa shape index (κ2) is 6.99. The second-order valence-electron chi connectivity index (χ2n) is 7.91. The SMILES string of the molecule is Cc1nn(C)c2nc(C3CC3)cc(C(=O)NCCN3CCCCC3C)c12. The lowest BCUT2D eigenvalue weighted by Gasteiger charge is -2.33. The van der Waals surface area contributed by atoms with Crippen molar-refractivity contribution in [3.05, 3.63) is 23.0 Å². The van der Waals surface area contributed by atoms with Crippen LogP contribution in [0.4, 0.5) is 0 Å². The Morgan fingerprint density at radius 2 is 2.12 bits per heavy atom. The standard InChI is InChI=1S/C20H29N5O/c1-13-6-4-5-10-25(13)11-9-21-20(26)16-12-17(15-7-8-15)22-19-18(16)14(2)23-24(19)3/h12-13,15H,4-11H2,1-3H3,(H,21,26). The van der Waals surface area contributed by atoms with Gasteiger partial charge in [-0.25, -0.2) is 4.98 Å². The van der Waals surface area contributed by atoms with Gasteiger partial charge in [0, 0.05) is 37.8 Å². The van der Waals surface area contributed by atoms with Gasteiger partial charge in [-0.15, -0.1) is 0 Å². The fourth-order valence-corrected chi connectivity index (χ4v) is 4.13. The van der Waals surface area contributed by atoms with E-state index in [2.05, 4.69) is 22.2 Å². The molecule has 0 radical (unpaired) electrons. The van der Waals surface area contributed by atoms with Crippen molar-refractivity contribution >= 4 is 16.9 Å². The van der Waals surface area contributed by atoms with Gasteiger partial charge in [-0.1, -0.05) is 6.42 Å². The third kappa shape index (κ3) is 3.34. The molecule has 1 aliphatic carbocycles. The minimum Gasteiger partial charge on any atom is -0.351 e. The van der Waals surface area contributed by atoms with Gasteiger partial charge in [-0.3, -0.25) is 14.4 Å². The molecule has 1 N–H and O–H groups in total. The number of carbonyl (C=O) groups is 1. The molecule has 2 fully saturated rings. The summed E-state index contributed by atoms with van der Waals surface area (Å²) in [7, 11) is 1.90. The van der Waals surface area contributed by atoms with E-state index < -0.39 is 0 Å². The predicted molar refractivity (Wildman–Crippen MR) is 102 cm³/mol. The monoisotopic (exact) mass is 355 g/mol. The van der Waals surface area contributed by atoms with E-state index in [9.17, 15) is 4.79 Å². The van der Waals surface area contributed by atoms with E-state index in [0.29, 0.717) is 18.5 Å². The summed E-state index contributed by atoms with van der Waals surface area (Å²) in [6, 6.07) is 2.61. The summed E-state index contributed by atoms with van der Waals surface area (Å²) in [6.07, 6.45) is 6.19. The molecule has 1 saturated carbocycles. The van der Waals surface area contributed by atoms with E-state index in [1.54, 1.807) is 4.68 Å². The van der Waals surface area contributed by atoms with Gasteiger partial charge >= 0.3 is 0 Å². The molecule has 0 spiro atoms. The Morgan fingerprint density at radius 1 is 1.31 bits per heavy atom. The lowest BCUT2D eigenvalue weighted by molar-refractivity contribution is 0.0940. The van der Waals surface area contributed by atoms with E-state index in [4.69, 9.17) is 4.98 Å². The summed E-state index contributed by atoms with van der Waals surface area (Å²) >= 11 is 0. The van der Waals surface area contributed by atoms with Gasteiger partial charge in [0.25, 0.3) is 5.91 Å². The fourth-order valence-electron chi connectivity index (χ4n) is 4.13. The molecule has 0 bridgehead atoms. The molecule has 0 aromatic carbocycles. The number of likely N-dealkylation sites (tertiary alicyclic amines) is 1. The highest BCUT2D eigenvalue weighted by atomic mass is 16.1. The molecular formula is C20H29N5O. The molecule has 4 rings (SSSR count). The number of rotatable bonds is 5. The minimum atomic E-state index is 0.0000579. The fraction of sp³-hybridized carbons (Fsp3) is 0.650. The van der Waals surface area contributed by atoms with Gasteiger partial charge in [0.15, 0.2) is 5.65 Å². The van der Waals surface area contributed by atoms with E-state index in [1.807, 2.05) is 20.0 Å². The number of amides is 1. The van der Waals surface area contributed by atoms with E-state index >= 15 is 0 Å². The molecule has 1 atom stereocenters. The molecule has 140 valence electrons. The zero-order valence-corrected chi connectivity index (χ0v) is 16.1. The maximum atomic E-state index is 12.9. The number of hydrogen-bond donors (Lipinski definition) is 1. The topological polar surface area (TPSA) is 63.1 Å². The first-order valence-corrected chi connectivity index (χ1v) is 9.91. The van der Waals surface area contributed by atoms with Crippen molar-refractivity contribution in [3.63, 3.8) is 0 Å². The second-order valence-corrected chi connectivity index (χ2v) is 7.91. The van der Waals surface area contributed by atoms with Crippen LogP contribution in [0.15, 0.2) is 6.07 Å². The third-order valence-electron chi connectivity index (χ3n) is 5.85. The third-order valence-corrected chi connectivity index (χ3v) is 5.85. The van der Waals surface area contributed by atoms with Crippen LogP contribution in [0.2, 0.25) is 0 Å². The number of nitrogens with zero attached hydrogens (tertiary/aromatic N) is 4. The Bertz CT molecular complexity index is 823. The number of piperidine rings is 1. The lowest BCUT2D eigenvalue weighted by Crippen LogP contribution is -2.42. The summed E-state index contributed by atoms with van der Waals surface area (Å²) < 4.78 is 1.79. The van der Waals surface area contributed by atoms with Crippen LogP contribution < -0.4 is 5.32 Å². The molecule has 2 aromatic heterocycles. The van der Waals surface area contributed by atoms with Crippen LogP contribution in [0.1, 0.15) is 66.7 Å². The van der Waals surface area contributed by atoms with Crippen LogP contribution in [0.5, 0.6) is 0 Å². The summed E-state index contributed by atoms with van der Waals surface area (Å²) in [4.78, 5) is 20.2. The normalized spacial score (nSPS) is 21.3. The average Bonchev–Trinajstić information content (AvgIpc) is 3.43. The summed E-state index contributed by atoms with van der Waals surface area (Å²) in [5.41, 5.74) is 3.46.